The fraction of sp³-hybridized carbons (Fsp3) is 0.750. The van der Waals surface area contributed by atoms with Crippen LogP contribution in [0.2, 0.25) is 0 Å². The van der Waals surface area contributed by atoms with E-state index in [9.17, 15) is 13.6 Å². The molecule has 23 heavy (non-hydrogen) atoms. The molecule has 1 amide bonds. The maximum atomic E-state index is 13.2. The second-order valence-corrected chi connectivity index (χ2v) is 6.66. The Morgan fingerprint density at radius 3 is 2.52 bits per heavy atom. The third-order valence-electron chi connectivity index (χ3n) is 4.81. The van der Waals surface area contributed by atoms with Crippen molar-refractivity contribution < 1.29 is 18.1 Å². The molecule has 7 heteroatoms. The van der Waals surface area contributed by atoms with Crippen LogP contribution in [-0.2, 0) is 11.3 Å². The first kappa shape index (κ1) is 16.4. The number of alkyl halides is 2. The number of hydrogen-bond donors (Lipinski definition) is 0. The quantitative estimate of drug-likeness (QED) is 0.856. The summed E-state index contributed by atoms with van der Waals surface area (Å²) >= 11 is 0. The summed E-state index contributed by atoms with van der Waals surface area (Å²) in [4.78, 5) is 16.3. The number of halogens is 2. The van der Waals surface area contributed by atoms with Crippen LogP contribution < -0.4 is 0 Å². The van der Waals surface area contributed by atoms with Crippen molar-refractivity contribution in [2.24, 2.45) is 5.92 Å². The summed E-state index contributed by atoms with van der Waals surface area (Å²) in [6.07, 6.45) is 1.15. The van der Waals surface area contributed by atoms with Crippen molar-refractivity contribution in [1.82, 2.24) is 15.0 Å². The summed E-state index contributed by atoms with van der Waals surface area (Å²) in [5.74, 6) is -1.78. The molecule has 2 saturated heterocycles. The minimum absolute atomic E-state index is 0.0305. The number of carbonyl (C=O) groups is 1. The Labute approximate surface area is 134 Å². The molecule has 128 valence electrons. The molecule has 3 heterocycles. The average molecular weight is 327 g/mol. The number of aromatic nitrogens is 1. The van der Waals surface area contributed by atoms with Gasteiger partial charge in [-0.2, -0.15) is 0 Å². The molecule has 2 aliphatic rings. The van der Waals surface area contributed by atoms with E-state index >= 15 is 0 Å². The highest BCUT2D eigenvalue weighted by Gasteiger charge is 2.37. The van der Waals surface area contributed by atoms with Crippen molar-refractivity contribution in [1.29, 1.82) is 0 Å². The van der Waals surface area contributed by atoms with Crippen molar-refractivity contribution >= 4 is 5.91 Å². The Hall–Kier alpha value is -1.50. The van der Waals surface area contributed by atoms with Crippen LogP contribution in [0.1, 0.15) is 37.1 Å². The van der Waals surface area contributed by atoms with E-state index < -0.39 is 5.92 Å². The lowest BCUT2D eigenvalue weighted by Gasteiger charge is -2.37. The van der Waals surface area contributed by atoms with Crippen LogP contribution in [0, 0.1) is 12.8 Å². The average Bonchev–Trinajstić information content (AvgIpc) is 2.92. The number of hydrogen-bond acceptors (Lipinski definition) is 4. The first-order valence-electron chi connectivity index (χ1n) is 8.24. The number of aryl methyl sites for hydroxylation is 1. The summed E-state index contributed by atoms with van der Waals surface area (Å²) in [6, 6.07) is 1.92. The van der Waals surface area contributed by atoms with E-state index in [2.05, 4.69) is 10.1 Å². The zero-order chi connectivity index (χ0) is 16.4. The molecular weight excluding hydrogens is 304 g/mol. The maximum absolute atomic E-state index is 13.2. The Morgan fingerprint density at radius 2 is 1.96 bits per heavy atom. The fourth-order valence-corrected chi connectivity index (χ4v) is 3.37. The number of amides is 1. The largest absolute Gasteiger partial charge is 0.361 e. The number of rotatable bonds is 3. The summed E-state index contributed by atoms with van der Waals surface area (Å²) in [5, 5.41) is 3.99. The SMILES string of the molecule is Cc1cc(CN2CCC(C(=O)N3CCC(F)(F)CC3)CC2)no1. The van der Waals surface area contributed by atoms with Crippen LogP contribution >= 0.6 is 0 Å². The second-order valence-electron chi connectivity index (χ2n) is 6.66. The second kappa shape index (κ2) is 6.55. The Balaban J connectivity index is 1.46. The lowest BCUT2D eigenvalue weighted by Crippen LogP contribution is -2.47. The predicted octanol–water partition coefficient (Wildman–Crippen LogP) is 2.45. The number of nitrogens with zero attached hydrogens (tertiary/aromatic N) is 3. The summed E-state index contributed by atoms with van der Waals surface area (Å²) in [6.45, 7) is 4.62. The van der Waals surface area contributed by atoms with Gasteiger partial charge in [0.2, 0.25) is 5.91 Å². The number of likely N-dealkylation sites (tertiary alicyclic amines) is 2. The van der Waals surface area contributed by atoms with E-state index in [0.717, 1.165) is 43.9 Å². The molecule has 0 saturated carbocycles. The molecule has 0 bridgehead atoms. The van der Waals surface area contributed by atoms with Gasteiger partial charge >= 0.3 is 0 Å². The van der Waals surface area contributed by atoms with E-state index in [1.807, 2.05) is 13.0 Å². The molecule has 2 fully saturated rings. The zero-order valence-electron chi connectivity index (χ0n) is 13.4. The van der Waals surface area contributed by atoms with E-state index in [0.29, 0.717) is 0 Å². The lowest BCUT2D eigenvalue weighted by atomic mass is 9.94. The molecule has 0 spiro atoms. The Kier molecular flexibility index (Phi) is 4.66. The van der Waals surface area contributed by atoms with Gasteiger partial charge in [-0.3, -0.25) is 9.69 Å². The molecule has 0 N–H and O–H groups in total. The summed E-state index contributed by atoms with van der Waals surface area (Å²) < 4.78 is 31.4. The molecular formula is C16H23F2N3O2. The lowest BCUT2D eigenvalue weighted by molar-refractivity contribution is -0.143. The molecule has 3 rings (SSSR count). The van der Waals surface area contributed by atoms with Crippen molar-refractivity contribution in [2.45, 2.75) is 45.1 Å². The monoisotopic (exact) mass is 327 g/mol. The zero-order valence-corrected chi connectivity index (χ0v) is 13.4. The van der Waals surface area contributed by atoms with Gasteiger partial charge < -0.3 is 9.42 Å². The molecule has 1 aromatic rings. The Morgan fingerprint density at radius 1 is 1.30 bits per heavy atom. The predicted molar refractivity (Wildman–Crippen MR) is 80.0 cm³/mol. The van der Waals surface area contributed by atoms with Gasteiger partial charge in [0.15, 0.2) is 0 Å². The van der Waals surface area contributed by atoms with Crippen molar-refractivity contribution in [3.05, 3.63) is 17.5 Å². The number of piperidine rings is 2. The van der Waals surface area contributed by atoms with Crippen LogP contribution in [0.5, 0.6) is 0 Å². The van der Waals surface area contributed by atoms with Crippen LogP contribution in [0.15, 0.2) is 10.6 Å². The van der Waals surface area contributed by atoms with Gasteiger partial charge in [0.1, 0.15) is 5.76 Å². The van der Waals surface area contributed by atoms with Crippen molar-refractivity contribution in [3.8, 4) is 0 Å². The van der Waals surface area contributed by atoms with Gasteiger partial charge in [0.25, 0.3) is 5.92 Å². The van der Waals surface area contributed by atoms with Crippen LogP contribution in [-0.4, -0.2) is 53.0 Å². The molecule has 0 atom stereocenters. The molecule has 1 aromatic heterocycles. The van der Waals surface area contributed by atoms with Gasteiger partial charge in [0, 0.05) is 44.5 Å². The third-order valence-corrected chi connectivity index (χ3v) is 4.81. The van der Waals surface area contributed by atoms with Crippen LogP contribution in [0.4, 0.5) is 8.78 Å². The summed E-state index contributed by atoms with van der Waals surface area (Å²) in [7, 11) is 0. The molecule has 5 nitrogen and oxygen atoms in total. The molecule has 0 radical (unpaired) electrons. The maximum Gasteiger partial charge on any atom is 0.251 e. The van der Waals surface area contributed by atoms with E-state index in [-0.39, 0.29) is 37.8 Å². The smallest absolute Gasteiger partial charge is 0.251 e. The first-order valence-corrected chi connectivity index (χ1v) is 8.24. The van der Waals surface area contributed by atoms with Gasteiger partial charge in [-0.05, 0) is 32.9 Å². The van der Waals surface area contributed by atoms with Gasteiger partial charge in [0.05, 0.1) is 5.69 Å². The molecule has 2 aliphatic heterocycles. The topological polar surface area (TPSA) is 49.6 Å². The highest BCUT2D eigenvalue weighted by Crippen LogP contribution is 2.29. The van der Waals surface area contributed by atoms with Crippen LogP contribution in [0.25, 0.3) is 0 Å². The third kappa shape index (κ3) is 4.07. The van der Waals surface area contributed by atoms with Crippen molar-refractivity contribution in [3.63, 3.8) is 0 Å². The first-order chi connectivity index (χ1) is 10.9. The highest BCUT2D eigenvalue weighted by molar-refractivity contribution is 5.79. The normalized spacial score (nSPS) is 23.2. The Bertz CT molecular complexity index is 543. The minimum atomic E-state index is -2.60. The molecule has 0 unspecified atom stereocenters. The van der Waals surface area contributed by atoms with E-state index in [1.165, 1.54) is 0 Å². The van der Waals surface area contributed by atoms with E-state index in [4.69, 9.17) is 4.52 Å². The fourth-order valence-electron chi connectivity index (χ4n) is 3.37. The number of carbonyl (C=O) groups excluding carboxylic acids is 1. The van der Waals surface area contributed by atoms with Gasteiger partial charge in [-0.15, -0.1) is 0 Å². The molecule has 0 aromatic carbocycles. The standard InChI is InChI=1S/C16H23F2N3O2/c1-12-10-14(19-23-12)11-20-6-2-13(3-7-20)15(22)21-8-4-16(17,18)5-9-21/h10,13H,2-9,11H2,1H3. The van der Waals surface area contributed by atoms with E-state index in [1.54, 1.807) is 4.90 Å². The van der Waals surface area contributed by atoms with Crippen molar-refractivity contribution in [2.75, 3.05) is 26.2 Å². The van der Waals surface area contributed by atoms with Gasteiger partial charge in [-0.25, -0.2) is 8.78 Å². The minimum Gasteiger partial charge on any atom is -0.361 e. The highest BCUT2D eigenvalue weighted by atomic mass is 19.3. The van der Waals surface area contributed by atoms with Gasteiger partial charge in [-0.1, -0.05) is 5.16 Å². The summed E-state index contributed by atoms with van der Waals surface area (Å²) in [5.41, 5.74) is 0.908. The molecule has 0 aliphatic carbocycles. The van der Waals surface area contributed by atoms with Crippen LogP contribution in [0.3, 0.4) is 0 Å².